The molecule has 12 heteroatoms. The van der Waals surface area contributed by atoms with Gasteiger partial charge in [0.05, 0.1) is 26.1 Å². The average Bonchev–Trinajstić information content (AvgIpc) is 2.58. The Balaban J connectivity index is 2.24. The topological polar surface area (TPSA) is 168 Å². The Labute approximate surface area is 153 Å². The zero-order valence-corrected chi connectivity index (χ0v) is 14.2. The summed E-state index contributed by atoms with van der Waals surface area (Å²) in [6.45, 7) is 0. The van der Waals surface area contributed by atoms with E-state index in [9.17, 15) is 35.2 Å². The molecule has 0 fully saturated rings. The van der Waals surface area contributed by atoms with Crippen molar-refractivity contribution in [3.63, 3.8) is 0 Å². The normalized spacial score (nSPS) is 10.7. The number of aromatic hydroxyl groups is 2. The van der Waals surface area contributed by atoms with Crippen LogP contribution in [0.15, 0.2) is 39.9 Å². The molecule has 1 amide bonds. The van der Waals surface area contributed by atoms with Crippen molar-refractivity contribution in [2.24, 2.45) is 5.10 Å². The van der Waals surface area contributed by atoms with Crippen LogP contribution in [0.4, 0.5) is 11.4 Å². The van der Waals surface area contributed by atoms with Gasteiger partial charge in [0, 0.05) is 29.8 Å². The second-order valence-corrected chi connectivity index (χ2v) is 5.63. The van der Waals surface area contributed by atoms with Crippen LogP contribution in [0.3, 0.4) is 0 Å². The second-order valence-electron chi connectivity index (χ2n) is 4.78. The molecule has 2 aromatic carbocycles. The van der Waals surface area contributed by atoms with Gasteiger partial charge in [0.2, 0.25) is 0 Å². The van der Waals surface area contributed by atoms with Crippen LogP contribution in [-0.4, -0.2) is 32.2 Å². The number of phenolic OH excluding ortho intramolecular Hbond substituents is 2. The Kier molecular flexibility index (Phi) is 5.47. The van der Waals surface area contributed by atoms with Crippen molar-refractivity contribution in [3.05, 3.63) is 66.2 Å². The van der Waals surface area contributed by atoms with Gasteiger partial charge in [0.15, 0.2) is 0 Å². The number of carbonyl (C=O) groups excluding carboxylic acids is 1. The van der Waals surface area contributed by atoms with Gasteiger partial charge in [-0.15, -0.1) is 0 Å². The van der Waals surface area contributed by atoms with Crippen LogP contribution in [0, 0.1) is 20.2 Å². The monoisotopic (exact) mass is 424 g/mol. The molecule has 0 aliphatic rings. The third-order valence-corrected chi connectivity index (χ3v) is 3.70. The van der Waals surface area contributed by atoms with Gasteiger partial charge < -0.3 is 10.2 Å². The Hall–Kier alpha value is -3.54. The maximum absolute atomic E-state index is 12.0. The molecular weight excluding hydrogens is 416 g/mol. The van der Waals surface area contributed by atoms with Crippen molar-refractivity contribution in [1.82, 2.24) is 5.43 Å². The van der Waals surface area contributed by atoms with E-state index in [1.54, 1.807) is 0 Å². The van der Waals surface area contributed by atoms with E-state index in [4.69, 9.17) is 0 Å². The summed E-state index contributed by atoms with van der Waals surface area (Å²) in [5.41, 5.74) is 0.827. The van der Waals surface area contributed by atoms with Gasteiger partial charge >= 0.3 is 0 Å². The van der Waals surface area contributed by atoms with Crippen LogP contribution in [0.2, 0.25) is 0 Å². The molecule has 0 unspecified atom stereocenters. The molecule has 3 N–H and O–H groups in total. The minimum Gasteiger partial charge on any atom is -0.507 e. The summed E-state index contributed by atoms with van der Waals surface area (Å²) >= 11 is 2.95. The van der Waals surface area contributed by atoms with E-state index in [2.05, 4.69) is 21.0 Å². The van der Waals surface area contributed by atoms with Crippen molar-refractivity contribution in [2.75, 3.05) is 0 Å². The first-order chi connectivity index (χ1) is 12.2. The molecule has 0 saturated heterocycles. The Bertz CT molecular complexity index is 945. The molecule has 0 bridgehead atoms. The van der Waals surface area contributed by atoms with Crippen molar-refractivity contribution in [2.45, 2.75) is 0 Å². The quantitative estimate of drug-likeness (QED) is 0.375. The summed E-state index contributed by atoms with van der Waals surface area (Å²) < 4.78 is 0.0517. The number of nitro benzene ring substituents is 2. The molecule has 2 aromatic rings. The third kappa shape index (κ3) is 4.10. The number of nitrogens with zero attached hydrogens (tertiary/aromatic N) is 3. The van der Waals surface area contributed by atoms with Crippen LogP contribution in [-0.2, 0) is 0 Å². The lowest BCUT2D eigenvalue weighted by Gasteiger charge is -2.04. The summed E-state index contributed by atoms with van der Waals surface area (Å²) in [4.78, 5) is 32.1. The van der Waals surface area contributed by atoms with Crippen molar-refractivity contribution < 1.29 is 24.9 Å². The lowest BCUT2D eigenvalue weighted by molar-refractivity contribution is -0.385. The Morgan fingerprint density at radius 3 is 2.38 bits per heavy atom. The zero-order valence-electron chi connectivity index (χ0n) is 12.6. The van der Waals surface area contributed by atoms with Crippen molar-refractivity contribution in [1.29, 1.82) is 0 Å². The van der Waals surface area contributed by atoms with Crippen LogP contribution < -0.4 is 5.43 Å². The van der Waals surface area contributed by atoms with E-state index in [1.807, 2.05) is 5.43 Å². The molecule has 0 heterocycles. The summed E-state index contributed by atoms with van der Waals surface area (Å²) in [5.74, 6) is -1.79. The summed E-state index contributed by atoms with van der Waals surface area (Å²) in [6, 6.07) is 4.99. The maximum atomic E-state index is 12.0. The molecule has 26 heavy (non-hydrogen) atoms. The summed E-state index contributed by atoms with van der Waals surface area (Å²) in [5, 5.41) is 44.5. The first-order valence-electron chi connectivity index (χ1n) is 6.68. The highest BCUT2D eigenvalue weighted by Crippen LogP contribution is 2.31. The maximum Gasteiger partial charge on any atom is 0.275 e. The van der Waals surface area contributed by atoms with Gasteiger partial charge in [0.1, 0.15) is 11.5 Å². The highest BCUT2D eigenvalue weighted by molar-refractivity contribution is 9.10. The molecule has 2 rings (SSSR count). The molecule has 0 saturated carbocycles. The van der Waals surface area contributed by atoms with E-state index < -0.39 is 27.2 Å². The number of amides is 1. The first-order valence-corrected chi connectivity index (χ1v) is 7.47. The molecule has 0 aliphatic heterocycles. The predicted molar refractivity (Wildman–Crippen MR) is 92.3 cm³/mol. The highest BCUT2D eigenvalue weighted by atomic mass is 79.9. The van der Waals surface area contributed by atoms with Crippen LogP contribution in [0.5, 0.6) is 11.5 Å². The fourth-order valence-corrected chi connectivity index (χ4v) is 2.31. The molecule has 0 aliphatic carbocycles. The Morgan fingerprint density at radius 1 is 1.12 bits per heavy atom. The van der Waals surface area contributed by atoms with Gasteiger partial charge in [-0.3, -0.25) is 25.0 Å². The minimum atomic E-state index is -0.952. The standard InChI is InChI=1S/C14H9BrN4O7/c15-11-5-9(19(25)26)3-7(13(11)21)6-16-17-14(22)10-4-8(18(23)24)1-2-12(10)20/h1-6,20-21H,(H,17,22)/b16-6-. The molecule has 0 atom stereocenters. The number of carbonyl (C=O) groups is 1. The minimum absolute atomic E-state index is 0.0517. The van der Waals surface area contributed by atoms with Gasteiger partial charge in [-0.1, -0.05) is 0 Å². The number of halogens is 1. The predicted octanol–water partition coefficient (Wildman–Crippen LogP) is 2.44. The molecule has 134 valence electrons. The Morgan fingerprint density at radius 2 is 1.77 bits per heavy atom. The number of hydrogen-bond donors (Lipinski definition) is 3. The number of benzene rings is 2. The molecule has 0 spiro atoms. The van der Waals surface area contributed by atoms with Gasteiger partial charge in [0.25, 0.3) is 17.3 Å². The van der Waals surface area contributed by atoms with Gasteiger partial charge in [-0.2, -0.15) is 5.10 Å². The lowest BCUT2D eigenvalue weighted by Crippen LogP contribution is -2.18. The van der Waals surface area contributed by atoms with Crippen molar-refractivity contribution in [3.8, 4) is 11.5 Å². The zero-order chi connectivity index (χ0) is 19.4. The number of non-ortho nitro benzene ring substituents is 2. The third-order valence-electron chi connectivity index (χ3n) is 3.09. The molecule has 11 nitrogen and oxygen atoms in total. The molecule has 0 radical (unpaired) electrons. The smallest absolute Gasteiger partial charge is 0.275 e. The van der Waals surface area contributed by atoms with E-state index in [1.165, 1.54) is 0 Å². The highest BCUT2D eigenvalue weighted by Gasteiger charge is 2.17. The van der Waals surface area contributed by atoms with E-state index in [-0.39, 0.29) is 27.0 Å². The lowest BCUT2D eigenvalue weighted by atomic mass is 10.1. The largest absolute Gasteiger partial charge is 0.507 e. The number of phenols is 2. The number of hydrogen-bond acceptors (Lipinski definition) is 8. The number of hydrazone groups is 1. The SMILES string of the molecule is O=C(N/N=C\c1cc([N+](=O)[O-])cc(Br)c1O)c1cc([N+](=O)[O-])ccc1O. The van der Waals surface area contributed by atoms with Crippen molar-refractivity contribution >= 4 is 39.4 Å². The number of rotatable bonds is 5. The fraction of sp³-hybridized carbons (Fsp3) is 0. The number of nitrogens with one attached hydrogen (secondary N) is 1. The van der Waals surface area contributed by atoms with Gasteiger partial charge in [-0.05, 0) is 22.0 Å². The first kappa shape index (κ1) is 18.8. The van der Waals surface area contributed by atoms with Crippen LogP contribution >= 0.6 is 15.9 Å². The summed E-state index contributed by atoms with van der Waals surface area (Å²) in [7, 11) is 0. The fourth-order valence-electron chi connectivity index (χ4n) is 1.85. The van der Waals surface area contributed by atoms with E-state index >= 15 is 0 Å². The second kappa shape index (κ2) is 7.57. The van der Waals surface area contributed by atoms with Gasteiger partial charge in [-0.25, -0.2) is 5.43 Å². The van der Waals surface area contributed by atoms with Crippen LogP contribution in [0.1, 0.15) is 15.9 Å². The molecular formula is C14H9BrN4O7. The molecule has 0 aromatic heterocycles. The van der Waals surface area contributed by atoms with Crippen LogP contribution in [0.25, 0.3) is 0 Å². The van der Waals surface area contributed by atoms with E-state index in [0.29, 0.717) is 0 Å². The summed E-state index contributed by atoms with van der Waals surface area (Å²) in [6.07, 6.45) is 0.944. The van der Waals surface area contributed by atoms with E-state index in [0.717, 1.165) is 36.5 Å². The number of nitro groups is 2. The average molecular weight is 425 g/mol.